The van der Waals surface area contributed by atoms with E-state index in [1.165, 1.54) is 38.0 Å². The van der Waals surface area contributed by atoms with E-state index in [1.807, 2.05) is 0 Å². The van der Waals surface area contributed by atoms with E-state index in [-0.39, 0.29) is 0 Å². The van der Waals surface area contributed by atoms with Crippen LogP contribution < -0.4 is 5.32 Å². The second kappa shape index (κ2) is 7.66. The normalized spacial score (nSPS) is 22.3. The van der Waals surface area contributed by atoms with Gasteiger partial charge < -0.3 is 10.2 Å². The number of rotatable bonds is 6. The summed E-state index contributed by atoms with van der Waals surface area (Å²) in [6.07, 6.45) is 3.88. The zero-order chi connectivity index (χ0) is 13.5. The van der Waals surface area contributed by atoms with Crippen LogP contribution in [0, 0.1) is 5.92 Å². The predicted octanol–water partition coefficient (Wildman–Crippen LogP) is 2.94. The molecule has 0 aliphatic carbocycles. The monoisotopic (exact) mass is 260 g/mol. The van der Waals surface area contributed by atoms with E-state index in [4.69, 9.17) is 0 Å². The van der Waals surface area contributed by atoms with Crippen LogP contribution in [0.15, 0.2) is 30.3 Å². The van der Waals surface area contributed by atoms with Crippen molar-refractivity contribution in [2.45, 2.75) is 39.2 Å². The second-order valence-corrected chi connectivity index (χ2v) is 5.77. The predicted molar refractivity (Wildman–Crippen MR) is 82.4 cm³/mol. The highest BCUT2D eigenvalue weighted by atomic mass is 15.1. The summed E-state index contributed by atoms with van der Waals surface area (Å²) in [6.45, 7) is 9.49. The van der Waals surface area contributed by atoms with E-state index < -0.39 is 0 Å². The van der Waals surface area contributed by atoms with Gasteiger partial charge in [0, 0.05) is 12.6 Å². The highest BCUT2D eigenvalue weighted by molar-refractivity contribution is 5.14. The van der Waals surface area contributed by atoms with Crippen LogP contribution in [0.4, 0.5) is 0 Å². The maximum atomic E-state index is 3.72. The first kappa shape index (κ1) is 14.5. The summed E-state index contributed by atoms with van der Waals surface area (Å²) in [7, 11) is 0. The van der Waals surface area contributed by atoms with Gasteiger partial charge in [0.05, 0.1) is 0 Å². The lowest BCUT2D eigenvalue weighted by molar-refractivity contribution is 0.157. The van der Waals surface area contributed by atoms with Crippen LogP contribution in [0.5, 0.6) is 0 Å². The SMILES string of the molecule is CCN1CCCC(C(C)NCCc2ccccc2)C1. The molecule has 19 heavy (non-hydrogen) atoms. The van der Waals surface area contributed by atoms with Crippen molar-refractivity contribution in [2.24, 2.45) is 5.92 Å². The van der Waals surface area contributed by atoms with E-state index >= 15 is 0 Å². The first-order valence-corrected chi connectivity index (χ1v) is 7.79. The minimum absolute atomic E-state index is 0.637. The third-order valence-corrected chi connectivity index (χ3v) is 4.42. The molecule has 2 atom stereocenters. The lowest BCUT2D eigenvalue weighted by Crippen LogP contribution is -2.44. The maximum Gasteiger partial charge on any atom is 0.00793 e. The van der Waals surface area contributed by atoms with Crippen LogP contribution in [-0.4, -0.2) is 37.1 Å². The molecule has 1 aromatic rings. The van der Waals surface area contributed by atoms with E-state index in [0.717, 1.165) is 18.9 Å². The second-order valence-electron chi connectivity index (χ2n) is 5.77. The molecule has 1 aromatic carbocycles. The zero-order valence-electron chi connectivity index (χ0n) is 12.4. The van der Waals surface area contributed by atoms with Crippen LogP contribution in [-0.2, 0) is 6.42 Å². The van der Waals surface area contributed by atoms with Crippen LogP contribution >= 0.6 is 0 Å². The van der Waals surface area contributed by atoms with Gasteiger partial charge in [0.25, 0.3) is 0 Å². The Hall–Kier alpha value is -0.860. The molecular weight excluding hydrogens is 232 g/mol. The Bertz CT molecular complexity index is 350. The van der Waals surface area contributed by atoms with Gasteiger partial charge in [0.15, 0.2) is 0 Å². The molecule has 2 unspecified atom stereocenters. The summed E-state index contributed by atoms with van der Waals surface area (Å²) in [5, 5.41) is 3.72. The number of nitrogens with one attached hydrogen (secondary N) is 1. The van der Waals surface area contributed by atoms with Gasteiger partial charge in [-0.3, -0.25) is 0 Å². The van der Waals surface area contributed by atoms with Crippen molar-refractivity contribution in [1.82, 2.24) is 10.2 Å². The van der Waals surface area contributed by atoms with Crippen molar-refractivity contribution < 1.29 is 0 Å². The lowest BCUT2D eigenvalue weighted by Gasteiger charge is -2.35. The van der Waals surface area contributed by atoms with Gasteiger partial charge in [-0.1, -0.05) is 37.3 Å². The third kappa shape index (κ3) is 4.63. The molecule has 1 fully saturated rings. The Morgan fingerprint density at radius 1 is 1.32 bits per heavy atom. The van der Waals surface area contributed by atoms with Crippen molar-refractivity contribution in [3.63, 3.8) is 0 Å². The van der Waals surface area contributed by atoms with Gasteiger partial charge in [-0.05, 0) is 57.3 Å². The number of nitrogens with zero attached hydrogens (tertiary/aromatic N) is 1. The van der Waals surface area contributed by atoms with E-state index in [1.54, 1.807) is 0 Å². The molecule has 1 saturated heterocycles. The minimum atomic E-state index is 0.637. The fourth-order valence-corrected chi connectivity index (χ4v) is 3.04. The molecule has 2 nitrogen and oxygen atoms in total. The molecule has 0 spiro atoms. The number of piperidine rings is 1. The third-order valence-electron chi connectivity index (χ3n) is 4.42. The molecule has 0 radical (unpaired) electrons. The Morgan fingerprint density at radius 2 is 2.11 bits per heavy atom. The van der Waals surface area contributed by atoms with Crippen molar-refractivity contribution in [1.29, 1.82) is 0 Å². The standard InChI is InChI=1S/C17H28N2/c1-3-19-13-7-10-17(14-19)15(2)18-12-11-16-8-5-4-6-9-16/h4-6,8-9,15,17-18H,3,7,10-14H2,1-2H3. The van der Waals surface area contributed by atoms with Crippen molar-refractivity contribution in [3.8, 4) is 0 Å². The number of likely N-dealkylation sites (tertiary alicyclic amines) is 1. The fraction of sp³-hybridized carbons (Fsp3) is 0.647. The lowest BCUT2D eigenvalue weighted by atomic mass is 9.91. The van der Waals surface area contributed by atoms with Gasteiger partial charge in [-0.15, -0.1) is 0 Å². The van der Waals surface area contributed by atoms with E-state index in [2.05, 4.69) is 54.4 Å². The molecule has 0 aromatic heterocycles. The molecule has 1 heterocycles. The Labute approximate surface area is 118 Å². The van der Waals surface area contributed by atoms with Crippen LogP contribution in [0.25, 0.3) is 0 Å². The number of hydrogen-bond acceptors (Lipinski definition) is 2. The smallest absolute Gasteiger partial charge is 0.00793 e. The average Bonchev–Trinajstić information content (AvgIpc) is 2.48. The summed E-state index contributed by atoms with van der Waals surface area (Å²) >= 11 is 0. The van der Waals surface area contributed by atoms with Crippen molar-refractivity contribution >= 4 is 0 Å². The van der Waals surface area contributed by atoms with Crippen LogP contribution in [0.3, 0.4) is 0 Å². The summed E-state index contributed by atoms with van der Waals surface area (Å²) in [4.78, 5) is 2.59. The van der Waals surface area contributed by atoms with Gasteiger partial charge in [0.2, 0.25) is 0 Å². The molecule has 1 aliphatic rings. The van der Waals surface area contributed by atoms with Crippen LogP contribution in [0.2, 0.25) is 0 Å². The topological polar surface area (TPSA) is 15.3 Å². The fourth-order valence-electron chi connectivity index (χ4n) is 3.04. The molecular formula is C17H28N2. The highest BCUT2D eigenvalue weighted by Crippen LogP contribution is 2.19. The average molecular weight is 260 g/mol. The van der Waals surface area contributed by atoms with Gasteiger partial charge in [-0.25, -0.2) is 0 Å². The first-order valence-electron chi connectivity index (χ1n) is 7.79. The summed E-state index contributed by atoms with van der Waals surface area (Å²) in [5.74, 6) is 0.824. The van der Waals surface area contributed by atoms with E-state index in [0.29, 0.717) is 6.04 Å². The molecule has 2 rings (SSSR count). The largest absolute Gasteiger partial charge is 0.314 e. The van der Waals surface area contributed by atoms with Gasteiger partial charge in [-0.2, -0.15) is 0 Å². The summed E-state index contributed by atoms with van der Waals surface area (Å²) in [6, 6.07) is 11.4. The van der Waals surface area contributed by atoms with E-state index in [9.17, 15) is 0 Å². The number of hydrogen-bond donors (Lipinski definition) is 1. The molecule has 1 N–H and O–H groups in total. The molecule has 0 saturated carbocycles. The Balaban J connectivity index is 1.70. The Morgan fingerprint density at radius 3 is 2.84 bits per heavy atom. The molecule has 1 aliphatic heterocycles. The summed E-state index contributed by atoms with van der Waals surface area (Å²) in [5.41, 5.74) is 1.43. The summed E-state index contributed by atoms with van der Waals surface area (Å²) < 4.78 is 0. The van der Waals surface area contributed by atoms with Crippen molar-refractivity contribution in [3.05, 3.63) is 35.9 Å². The highest BCUT2D eigenvalue weighted by Gasteiger charge is 2.23. The quantitative estimate of drug-likeness (QED) is 0.846. The molecule has 0 amide bonds. The van der Waals surface area contributed by atoms with Gasteiger partial charge >= 0.3 is 0 Å². The molecule has 0 bridgehead atoms. The molecule has 2 heteroatoms. The zero-order valence-corrected chi connectivity index (χ0v) is 12.4. The molecule has 106 valence electrons. The van der Waals surface area contributed by atoms with Crippen molar-refractivity contribution in [2.75, 3.05) is 26.2 Å². The Kier molecular flexibility index (Phi) is 5.87. The first-order chi connectivity index (χ1) is 9.29. The number of benzene rings is 1. The minimum Gasteiger partial charge on any atom is -0.314 e. The van der Waals surface area contributed by atoms with Crippen LogP contribution in [0.1, 0.15) is 32.3 Å². The van der Waals surface area contributed by atoms with Gasteiger partial charge in [0.1, 0.15) is 0 Å². The maximum absolute atomic E-state index is 3.72.